The minimum atomic E-state index is -1.20. The number of likely N-dealkylation sites (tertiary alicyclic amines) is 1. The molecule has 1 amide bonds. The Morgan fingerprint density at radius 1 is 1.29 bits per heavy atom. The number of carboxylic acid groups (broad SMARTS) is 1. The Hall–Kier alpha value is -3.38. The van der Waals surface area contributed by atoms with E-state index in [1.165, 1.54) is 11.2 Å². The molecule has 1 fully saturated rings. The number of esters is 1. The van der Waals surface area contributed by atoms with Gasteiger partial charge < -0.3 is 33.8 Å². The first kappa shape index (κ1) is 27.6. The van der Waals surface area contributed by atoms with E-state index in [0.29, 0.717) is 25.4 Å². The third-order valence-electron chi connectivity index (χ3n) is 6.71. The van der Waals surface area contributed by atoms with Gasteiger partial charge in [-0.1, -0.05) is 19.6 Å². The molecule has 1 saturated heterocycles. The van der Waals surface area contributed by atoms with Crippen LogP contribution in [0.5, 0.6) is 0 Å². The number of oxazole rings is 1. The summed E-state index contributed by atoms with van der Waals surface area (Å²) in [6.45, 7) is 12.2. The van der Waals surface area contributed by atoms with Crippen molar-refractivity contribution >= 4 is 36.9 Å². The number of ether oxygens (including phenoxy) is 2. The highest BCUT2D eigenvalue weighted by molar-refractivity contribution is 6.76. The Bertz CT molecular complexity index is 1280. The quantitative estimate of drug-likeness (QED) is 0.203. The zero-order valence-corrected chi connectivity index (χ0v) is 23.7. The van der Waals surface area contributed by atoms with Gasteiger partial charge in [-0.15, -0.1) is 0 Å². The molecule has 1 aliphatic heterocycles. The summed E-state index contributed by atoms with van der Waals surface area (Å²) in [4.78, 5) is 34.4. The summed E-state index contributed by atoms with van der Waals surface area (Å²) in [7, 11) is -1.20. The highest BCUT2D eigenvalue weighted by Gasteiger charge is 2.30. The fraction of sp³-hybridized carbons (Fsp3) is 0.538. The molecule has 3 aromatic rings. The van der Waals surface area contributed by atoms with Gasteiger partial charge in [0.25, 0.3) is 0 Å². The molecule has 4 rings (SSSR count). The van der Waals surface area contributed by atoms with Crippen LogP contribution in [0.3, 0.4) is 0 Å². The molecule has 3 aromatic heterocycles. The number of carbonyl (C=O) groups is 2. The maximum atomic E-state index is 12.2. The summed E-state index contributed by atoms with van der Waals surface area (Å²) >= 11 is 0. The minimum absolute atomic E-state index is 0.0456. The summed E-state index contributed by atoms with van der Waals surface area (Å²) in [6.07, 6.45) is 5.46. The first-order chi connectivity index (χ1) is 18.1. The molecule has 206 valence electrons. The molecule has 12 heteroatoms. The lowest BCUT2D eigenvalue weighted by atomic mass is 9.99. The Balaban J connectivity index is 1.66. The maximum absolute atomic E-state index is 12.2. The van der Waals surface area contributed by atoms with Crippen molar-refractivity contribution in [3.8, 4) is 11.5 Å². The molecule has 0 aromatic carbocycles. The second-order valence-electron chi connectivity index (χ2n) is 10.9. The Labute approximate surface area is 223 Å². The smallest absolute Gasteiger partial charge is 0.407 e. The van der Waals surface area contributed by atoms with Crippen molar-refractivity contribution in [1.82, 2.24) is 19.4 Å². The van der Waals surface area contributed by atoms with Crippen LogP contribution in [0.4, 0.5) is 10.5 Å². The lowest BCUT2D eigenvalue weighted by Crippen LogP contribution is -2.49. The second kappa shape index (κ2) is 11.6. The maximum Gasteiger partial charge on any atom is 0.407 e. The van der Waals surface area contributed by atoms with Crippen molar-refractivity contribution in [3.63, 3.8) is 0 Å². The molecule has 2 atom stereocenters. The van der Waals surface area contributed by atoms with Crippen molar-refractivity contribution in [3.05, 3.63) is 30.4 Å². The van der Waals surface area contributed by atoms with Crippen molar-refractivity contribution in [2.45, 2.75) is 71.2 Å². The molecule has 2 N–H and O–H groups in total. The van der Waals surface area contributed by atoms with E-state index in [9.17, 15) is 14.7 Å². The molecule has 0 spiro atoms. The van der Waals surface area contributed by atoms with Crippen molar-refractivity contribution < 1.29 is 28.6 Å². The number of rotatable bonds is 10. The average Bonchev–Trinajstić information content (AvgIpc) is 3.50. The van der Waals surface area contributed by atoms with Gasteiger partial charge in [-0.3, -0.25) is 0 Å². The molecular weight excluding hydrogens is 506 g/mol. The Kier molecular flexibility index (Phi) is 8.41. The van der Waals surface area contributed by atoms with Gasteiger partial charge in [0.05, 0.1) is 17.9 Å². The molecule has 0 aliphatic carbocycles. The van der Waals surface area contributed by atoms with Crippen molar-refractivity contribution in [2.75, 3.05) is 25.1 Å². The van der Waals surface area contributed by atoms with Gasteiger partial charge in [0.15, 0.2) is 5.69 Å². The van der Waals surface area contributed by atoms with Crippen LogP contribution in [0.2, 0.25) is 25.7 Å². The number of nitrogens with zero attached hydrogens (tertiary/aromatic N) is 4. The average molecular weight is 544 g/mol. The van der Waals surface area contributed by atoms with E-state index >= 15 is 0 Å². The van der Waals surface area contributed by atoms with E-state index in [0.717, 1.165) is 35.6 Å². The molecule has 0 bridgehead atoms. The van der Waals surface area contributed by atoms with E-state index in [1.807, 2.05) is 23.8 Å². The fourth-order valence-electron chi connectivity index (χ4n) is 4.49. The van der Waals surface area contributed by atoms with Crippen LogP contribution < -0.4 is 5.32 Å². The zero-order valence-electron chi connectivity index (χ0n) is 22.7. The van der Waals surface area contributed by atoms with Crippen LogP contribution in [0, 0.1) is 0 Å². The molecule has 4 heterocycles. The number of hydrogen-bond acceptors (Lipinski definition) is 8. The predicted molar refractivity (Wildman–Crippen MR) is 146 cm³/mol. The van der Waals surface area contributed by atoms with Gasteiger partial charge in [-0.05, 0) is 38.8 Å². The van der Waals surface area contributed by atoms with Crippen molar-refractivity contribution in [2.24, 2.45) is 0 Å². The lowest BCUT2D eigenvalue weighted by molar-refractivity contribution is 0.0519. The fourth-order valence-corrected chi connectivity index (χ4v) is 5.25. The van der Waals surface area contributed by atoms with E-state index < -0.39 is 20.1 Å². The number of aromatic nitrogens is 3. The Morgan fingerprint density at radius 2 is 2.08 bits per heavy atom. The third-order valence-corrected chi connectivity index (χ3v) is 8.41. The predicted octanol–water partition coefficient (Wildman–Crippen LogP) is 5.12. The van der Waals surface area contributed by atoms with Crippen LogP contribution in [0.1, 0.15) is 37.2 Å². The largest absolute Gasteiger partial charge is 0.465 e. The van der Waals surface area contributed by atoms with Gasteiger partial charge in [0, 0.05) is 51.1 Å². The van der Waals surface area contributed by atoms with E-state index in [2.05, 4.69) is 34.9 Å². The number of pyridine rings is 1. The number of carbonyl (C=O) groups excluding carboxylic acids is 1. The van der Waals surface area contributed by atoms with E-state index in [1.54, 1.807) is 13.1 Å². The summed E-state index contributed by atoms with van der Waals surface area (Å²) < 4.78 is 18.6. The molecule has 0 radical (unpaired) electrons. The SMILES string of the molecule is CCOC(=O)c1coc(-c2cnc3c(ccn3COCC[Si](C)(C)C)c2N[C@@H]2CC[C@H](C)N(C(=O)O)C2)n1. The van der Waals surface area contributed by atoms with Crippen molar-refractivity contribution in [1.29, 1.82) is 0 Å². The van der Waals surface area contributed by atoms with Gasteiger partial charge >= 0.3 is 12.1 Å². The number of hydrogen-bond donors (Lipinski definition) is 2. The highest BCUT2D eigenvalue weighted by Crippen LogP contribution is 2.35. The number of nitrogens with one attached hydrogen (secondary N) is 1. The number of amides is 1. The van der Waals surface area contributed by atoms with Gasteiger partial charge in [0.1, 0.15) is 18.6 Å². The summed E-state index contributed by atoms with van der Waals surface area (Å²) in [6, 6.07) is 2.85. The highest BCUT2D eigenvalue weighted by atomic mass is 28.3. The van der Waals surface area contributed by atoms with E-state index in [-0.39, 0.29) is 30.3 Å². The number of fused-ring (bicyclic) bond motifs is 1. The topological polar surface area (TPSA) is 132 Å². The molecule has 1 aliphatic rings. The van der Waals surface area contributed by atoms with E-state index in [4.69, 9.17) is 13.9 Å². The standard InChI is InChI=1S/C26H37N5O6Si/c1-6-36-25(32)21-15-37-24(29-21)20-13-27-23-19(9-10-30(23)16-35-11-12-38(3,4)5)22(20)28-18-8-7-17(2)31(14-18)26(33)34/h9-10,13,15,17-18H,6-8,11-12,14,16H2,1-5H3,(H,27,28)(H,33,34)/t17-,18+/m0/s1. The normalized spacial score (nSPS) is 18.1. The van der Waals surface area contributed by atoms with Crippen LogP contribution in [0.15, 0.2) is 29.1 Å². The minimum Gasteiger partial charge on any atom is -0.465 e. The Morgan fingerprint density at radius 3 is 2.79 bits per heavy atom. The summed E-state index contributed by atoms with van der Waals surface area (Å²) in [5, 5.41) is 14.0. The molecule has 0 saturated carbocycles. The first-order valence-corrected chi connectivity index (χ1v) is 16.7. The van der Waals surface area contributed by atoms with Crippen LogP contribution in [0.25, 0.3) is 22.5 Å². The third kappa shape index (κ3) is 6.36. The molecule has 11 nitrogen and oxygen atoms in total. The van der Waals surface area contributed by atoms with Gasteiger partial charge in [0.2, 0.25) is 5.89 Å². The molecular formula is C26H37N5O6Si. The summed E-state index contributed by atoms with van der Waals surface area (Å²) in [5.74, 6) is -0.339. The molecule has 38 heavy (non-hydrogen) atoms. The number of anilines is 1. The van der Waals surface area contributed by atoms with Crippen LogP contribution in [-0.2, 0) is 16.2 Å². The zero-order chi connectivity index (χ0) is 27.4. The van der Waals surface area contributed by atoms with Crippen LogP contribution >= 0.6 is 0 Å². The monoisotopic (exact) mass is 543 g/mol. The second-order valence-corrected chi connectivity index (χ2v) is 16.5. The number of piperidine rings is 1. The van der Waals surface area contributed by atoms with Gasteiger partial charge in [-0.2, -0.15) is 0 Å². The van der Waals surface area contributed by atoms with Crippen LogP contribution in [-0.4, -0.2) is 76.5 Å². The first-order valence-electron chi connectivity index (χ1n) is 13.0. The lowest BCUT2D eigenvalue weighted by Gasteiger charge is -2.37. The molecule has 0 unspecified atom stereocenters. The summed E-state index contributed by atoms with van der Waals surface area (Å²) in [5.41, 5.74) is 2.09. The van der Waals surface area contributed by atoms with Gasteiger partial charge in [-0.25, -0.2) is 19.6 Å².